The van der Waals surface area contributed by atoms with E-state index >= 15 is 0 Å². The third-order valence-electron chi connectivity index (χ3n) is 10.9. The topological polar surface area (TPSA) is 65.8 Å². The molecule has 7 rings (SSSR count). The lowest BCUT2D eigenvalue weighted by Crippen LogP contribution is -2.19. The van der Waals surface area contributed by atoms with Gasteiger partial charge in [-0.05, 0) is 130 Å². The number of anilines is 4. The number of hydrogen-bond acceptors (Lipinski definition) is 4. The van der Waals surface area contributed by atoms with Gasteiger partial charge < -0.3 is 14.4 Å². The monoisotopic (exact) mass is 774 g/mol. The molecule has 290 valence electrons. The molecule has 0 atom stereocenters. The fraction of sp³-hybridized carbons (Fsp3) is 0.220. The van der Waals surface area contributed by atoms with Crippen molar-refractivity contribution in [3.8, 4) is 11.3 Å². The molecule has 1 heterocycles. The molecule has 57 heavy (non-hydrogen) atoms. The van der Waals surface area contributed by atoms with Gasteiger partial charge in [0.15, 0.2) is 0 Å². The second-order valence-electron chi connectivity index (χ2n) is 15.0. The molecule has 7 aromatic rings. The van der Waals surface area contributed by atoms with Crippen molar-refractivity contribution in [2.45, 2.75) is 58.3 Å². The van der Waals surface area contributed by atoms with Crippen molar-refractivity contribution in [2.75, 3.05) is 22.9 Å². The third kappa shape index (κ3) is 8.51. The fourth-order valence-corrected chi connectivity index (χ4v) is 8.25. The zero-order chi connectivity index (χ0) is 40.1. The number of aromatic nitrogens is 1. The van der Waals surface area contributed by atoms with Gasteiger partial charge in [0.25, 0.3) is 10.1 Å². The summed E-state index contributed by atoms with van der Waals surface area (Å²) in [7, 11) is -2.45. The molecule has 0 aliphatic carbocycles. The summed E-state index contributed by atoms with van der Waals surface area (Å²) in [6, 6.07) is 50.0. The molecule has 0 fully saturated rings. The van der Waals surface area contributed by atoms with Gasteiger partial charge in [-0.25, -0.2) is 0 Å². The van der Waals surface area contributed by atoms with E-state index in [-0.39, 0.29) is 4.90 Å². The third-order valence-corrected chi connectivity index (χ3v) is 11.7. The fourth-order valence-electron chi connectivity index (χ4n) is 7.74. The van der Waals surface area contributed by atoms with Gasteiger partial charge in [0.1, 0.15) is 10.6 Å². The minimum Gasteiger partial charge on any atom is -0.341 e. The molecule has 6 aromatic carbocycles. The summed E-state index contributed by atoms with van der Waals surface area (Å²) in [6.45, 7) is 10.4. The van der Waals surface area contributed by atoms with Gasteiger partial charge in [0, 0.05) is 37.1 Å². The Labute approximate surface area is 338 Å². The number of aryl methyl sites for hydroxylation is 3. The molecular formula is C50H52N3O3S+. The van der Waals surface area contributed by atoms with E-state index < -0.39 is 10.1 Å². The highest BCUT2D eigenvalue weighted by atomic mass is 32.2. The molecule has 0 radical (unpaired) electrons. The summed E-state index contributed by atoms with van der Waals surface area (Å²) in [5, 5.41) is 0.739. The number of fused-ring (bicyclic) bond motifs is 1. The normalized spacial score (nSPS) is 11.5. The van der Waals surface area contributed by atoms with Crippen LogP contribution in [0.3, 0.4) is 0 Å². The van der Waals surface area contributed by atoms with Crippen molar-refractivity contribution in [3.63, 3.8) is 0 Å². The lowest BCUT2D eigenvalue weighted by molar-refractivity contribution is 0.483. The second kappa shape index (κ2) is 17.2. The van der Waals surface area contributed by atoms with Gasteiger partial charge in [-0.1, -0.05) is 80.3 Å². The van der Waals surface area contributed by atoms with Crippen molar-refractivity contribution in [2.24, 2.45) is 7.05 Å². The van der Waals surface area contributed by atoms with Gasteiger partial charge in [-0.3, -0.25) is 4.55 Å². The molecule has 0 spiro atoms. The highest BCUT2D eigenvalue weighted by molar-refractivity contribution is 7.85. The highest BCUT2D eigenvalue weighted by Crippen LogP contribution is 2.45. The van der Waals surface area contributed by atoms with Crippen LogP contribution in [0.5, 0.6) is 0 Å². The summed E-state index contributed by atoms with van der Waals surface area (Å²) in [6.07, 6.45) is 4.29. The van der Waals surface area contributed by atoms with Crippen molar-refractivity contribution >= 4 is 43.8 Å². The van der Waals surface area contributed by atoms with Crippen LogP contribution >= 0.6 is 0 Å². The first kappa shape index (κ1) is 39.5. The number of nitrogens with zero attached hydrogens (tertiary/aromatic N) is 3. The molecule has 0 saturated heterocycles. The first-order valence-corrected chi connectivity index (χ1v) is 21.4. The Kier molecular flexibility index (Phi) is 11.9. The van der Waals surface area contributed by atoms with Crippen LogP contribution in [0.1, 0.15) is 67.3 Å². The molecule has 6 nitrogen and oxygen atoms in total. The van der Waals surface area contributed by atoms with Gasteiger partial charge in [0.05, 0.1) is 44.9 Å². The first-order valence-electron chi connectivity index (χ1n) is 20.0. The first-order chi connectivity index (χ1) is 27.6. The van der Waals surface area contributed by atoms with Crippen LogP contribution in [0, 0.1) is 19.8 Å². The van der Waals surface area contributed by atoms with Crippen LogP contribution in [0.2, 0.25) is 0 Å². The Balaban J connectivity index is 1.43. The minimum atomic E-state index is -4.47. The summed E-state index contributed by atoms with van der Waals surface area (Å²) >= 11 is 0. The maximum Gasteiger partial charge on any atom is 0.295 e. The SMILES string of the molecule is CCCCN(c1ccc(C)cc1)c1ccc([C+](c2ccc(N(CCCC)c3ccc(C)cc3)cc2)c2c(-c3ccccc3)n(C)c3ccc(S(=O)(=O)O)cc23)cc1. The van der Waals surface area contributed by atoms with E-state index in [9.17, 15) is 13.0 Å². The molecule has 1 N–H and O–H groups in total. The summed E-state index contributed by atoms with van der Waals surface area (Å²) in [5.74, 6) is 0.968. The van der Waals surface area contributed by atoms with Crippen molar-refractivity contribution in [1.82, 2.24) is 4.57 Å². The number of rotatable bonds is 15. The Morgan fingerprint density at radius 1 is 0.596 bits per heavy atom. The van der Waals surface area contributed by atoms with Crippen LogP contribution in [0.15, 0.2) is 150 Å². The summed E-state index contributed by atoms with van der Waals surface area (Å²) < 4.78 is 37.6. The van der Waals surface area contributed by atoms with Gasteiger partial charge in [-0.15, -0.1) is 0 Å². The molecule has 1 aromatic heterocycles. The molecule has 0 aliphatic heterocycles. The van der Waals surface area contributed by atoms with Crippen LogP contribution in [-0.2, 0) is 17.2 Å². The zero-order valence-electron chi connectivity index (χ0n) is 33.6. The summed E-state index contributed by atoms with van der Waals surface area (Å²) in [5.41, 5.74) is 12.7. The average molecular weight is 775 g/mol. The highest BCUT2D eigenvalue weighted by Gasteiger charge is 2.33. The van der Waals surface area contributed by atoms with E-state index in [1.165, 1.54) is 17.2 Å². The predicted molar refractivity (Wildman–Crippen MR) is 238 cm³/mol. The molecule has 0 bridgehead atoms. The van der Waals surface area contributed by atoms with Crippen LogP contribution in [0.25, 0.3) is 22.2 Å². The van der Waals surface area contributed by atoms with Crippen molar-refractivity contribution in [3.05, 3.63) is 179 Å². The van der Waals surface area contributed by atoms with E-state index in [2.05, 4.69) is 151 Å². The van der Waals surface area contributed by atoms with E-state index in [4.69, 9.17) is 0 Å². The van der Waals surface area contributed by atoms with Crippen molar-refractivity contribution in [1.29, 1.82) is 0 Å². The Bertz CT molecular complexity index is 2430. The van der Waals surface area contributed by atoms with E-state index in [1.807, 2.05) is 25.2 Å². The Morgan fingerprint density at radius 2 is 1.04 bits per heavy atom. The molecule has 0 saturated carbocycles. The average Bonchev–Trinajstić information content (AvgIpc) is 3.51. The number of hydrogen-bond donors (Lipinski definition) is 1. The predicted octanol–water partition coefficient (Wildman–Crippen LogP) is 12.6. The van der Waals surface area contributed by atoms with Gasteiger partial charge >= 0.3 is 0 Å². The van der Waals surface area contributed by atoms with Crippen molar-refractivity contribution < 1.29 is 13.0 Å². The molecular weight excluding hydrogens is 723 g/mol. The lowest BCUT2D eigenvalue weighted by Gasteiger charge is -2.26. The minimum absolute atomic E-state index is 0.138. The van der Waals surface area contributed by atoms with E-state index in [1.54, 1.807) is 12.1 Å². The molecule has 0 unspecified atom stereocenters. The van der Waals surface area contributed by atoms with E-state index in [0.29, 0.717) is 0 Å². The van der Waals surface area contributed by atoms with E-state index in [0.717, 1.165) is 106 Å². The van der Waals surface area contributed by atoms with Gasteiger partial charge in [0.2, 0.25) is 0 Å². The Morgan fingerprint density at radius 3 is 1.46 bits per heavy atom. The lowest BCUT2D eigenvalue weighted by atomic mass is 9.82. The number of benzene rings is 6. The van der Waals surface area contributed by atoms with Crippen LogP contribution in [0.4, 0.5) is 22.7 Å². The molecule has 0 aliphatic rings. The zero-order valence-corrected chi connectivity index (χ0v) is 34.4. The Hall–Kier alpha value is -5.76. The molecule has 0 amide bonds. The smallest absolute Gasteiger partial charge is 0.295 e. The molecule has 7 heteroatoms. The quantitative estimate of drug-likeness (QED) is 0.0830. The summed E-state index contributed by atoms with van der Waals surface area (Å²) in [4.78, 5) is 4.62. The standard InChI is InChI=1S/C50H51N3O3S/c1-6-8-33-52(41-23-15-36(3)16-24-41)43-27-19-38(20-28-43)48(39-21-29-44(30-22-39)53(34-9-7-2)42-25-17-37(4)18-26-42)49-46-35-45(57(54,55)56)31-32-47(46)51(5)50(49)40-13-11-10-12-14-40/h10-32,35H,6-9,33-34H2,1-5H3/p+1. The van der Waals surface area contributed by atoms with Gasteiger partial charge in [-0.2, -0.15) is 8.42 Å². The largest absolute Gasteiger partial charge is 0.341 e. The number of unbranched alkanes of at least 4 members (excludes halogenated alkanes) is 2. The van der Waals surface area contributed by atoms with Crippen LogP contribution in [-0.4, -0.2) is 30.6 Å². The second-order valence-corrected chi connectivity index (χ2v) is 16.4. The maximum absolute atomic E-state index is 12.6. The maximum atomic E-state index is 12.6. The van der Waals surface area contributed by atoms with Crippen LogP contribution < -0.4 is 9.80 Å².